The van der Waals surface area contributed by atoms with Gasteiger partial charge >= 0.3 is 0 Å². The second-order valence-electron chi connectivity index (χ2n) is 9.53. The van der Waals surface area contributed by atoms with E-state index < -0.39 is 18.0 Å². The van der Waals surface area contributed by atoms with Gasteiger partial charge in [0.1, 0.15) is 17.4 Å². The highest BCUT2D eigenvalue weighted by Gasteiger charge is 2.36. The van der Waals surface area contributed by atoms with E-state index >= 15 is 0 Å². The lowest BCUT2D eigenvalue weighted by atomic mass is 10.1. The van der Waals surface area contributed by atoms with Gasteiger partial charge in [-0.05, 0) is 43.5 Å². The van der Waals surface area contributed by atoms with Crippen molar-refractivity contribution in [2.24, 2.45) is 0 Å². The van der Waals surface area contributed by atoms with Crippen LogP contribution in [0.4, 0.5) is 5.95 Å². The highest BCUT2D eigenvalue weighted by Crippen LogP contribution is 2.30. The number of ether oxygens (including phenoxy) is 1. The van der Waals surface area contributed by atoms with E-state index in [1.54, 1.807) is 43.3 Å². The maximum absolute atomic E-state index is 13.3. The predicted octanol–water partition coefficient (Wildman–Crippen LogP) is 3.63. The number of halogens is 2. The van der Waals surface area contributed by atoms with Crippen LogP contribution in [0.3, 0.4) is 0 Å². The van der Waals surface area contributed by atoms with Gasteiger partial charge in [-0.2, -0.15) is 0 Å². The number of carbonyl (C=O) groups is 2. The molecule has 0 radical (unpaired) electrons. The number of aliphatic hydroxyl groups is 1. The number of aliphatic hydroxyl groups excluding tert-OH is 1. The van der Waals surface area contributed by atoms with E-state index in [1.165, 1.54) is 11.1 Å². The van der Waals surface area contributed by atoms with E-state index in [0.717, 1.165) is 12.8 Å². The maximum atomic E-state index is 13.3. The van der Waals surface area contributed by atoms with Crippen LogP contribution in [0.15, 0.2) is 42.6 Å². The molecule has 0 bridgehead atoms. The first-order valence-electron chi connectivity index (χ1n) is 12.7. The highest BCUT2D eigenvalue weighted by molar-refractivity contribution is 6.32. The fourth-order valence-electron chi connectivity index (χ4n) is 4.67. The van der Waals surface area contributed by atoms with E-state index in [-0.39, 0.29) is 30.8 Å². The molecule has 4 heterocycles. The normalized spacial score (nSPS) is 17.0. The van der Waals surface area contributed by atoms with Gasteiger partial charge in [-0.3, -0.25) is 9.59 Å². The van der Waals surface area contributed by atoms with Crippen molar-refractivity contribution in [3.05, 3.63) is 69.5 Å². The second-order valence-corrected chi connectivity index (χ2v) is 10.4. The monoisotopic (exact) mass is 570 g/mol. The van der Waals surface area contributed by atoms with Crippen molar-refractivity contribution in [2.75, 3.05) is 25.1 Å². The fourth-order valence-corrected chi connectivity index (χ4v) is 5.06. The molecule has 0 saturated carbocycles. The number of hydrogen-bond donors (Lipinski definition) is 3. The molecular weight excluding hydrogens is 543 g/mol. The zero-order valence-corrected chi connectivity index (χ0v) is 22.7. The number of nitrogens with zero attached hydrogens (tertiary/aromatic N) is 4. The molecule has 39 heavy (non-hydrogen) atoms. The molecule has 1 aromatic carbocycles. The standard InChI is InChI=1S/C27H28Cl2N6O4/c1-15(25(37)33-22(14-36)16-3-2-4-18(28)11-16)35-13-17-5-6-21(32-23(17)26(35)38)24-20(29)12-30-27(34-24)31-19-7-9-39-10-8-19/h2-6,11-12,15,19,22,36H,7-10,13-14H2,1H3,(H,33,37)(H,30,31,34)/t15-,22-/m1/s1. The fraction of sp³-hybridized carbons (Fsp3) is 0.370. The Labute approximate surface area is 235 Å². The van der Waals surface area contributed by atoms with Crippen molar-refractivity contribution in [3.8, 4) is 11.4 Å². The Hall–Kier alpha value is -3.31. The largest absolute Gasteiger partial charge is 0.394 e. The molecule has 2 aliphatic heterocycles. The van der Waals surface area contributed by atoms with E-state index in [9.17, 15) is 14.7 Å². The summed E-state index contributed by atoms with van der Waals surface area (Å²) in [6, 6.07) is 9.19. The zero-order valence-electron chi connectivity index (χ0n) is 21.2. The summed E-state index contributed by atoms with van der Waals surface area (Å²) < 4.78 is 5.40. The molecule has 3 aromatic rings. The Balaban J connectivity index is 1.31. The summed E-state index contributed by atoms with van der Waals surface area (Å²) in [6.07, 6.45) is 3.22. The van der Waals surface area contributed by atoms with Crippen LogP contribution in [0.25, 0.3) is 11.4 Å². The Morgan fingerprint density at radius 3 is 2.72 bits per heavy atom. The van der Waals surface area contributed by atoms with Crippen LogP contribution in [0.1, 0.15) is 47.4 Å². The van der Waals surface area contributed by atoms with Gasteiger partial charge in [-0.25, -0.2) is 15.0 Å². The molecule has 2 aliphatic rings. The molecule has 12 heteroatoms. The third-order valence-corrected chi connectivity index (χ3v) is 7.43. The average molecular weight is 571 g/mol. The molecule has 2 amide bonds. The van der Waals surface area contributed by atoms with Crippen LogP contribution < -0.4 is 10.6 Å². The van der Waals surface area contributed by atoms with Crippen molar-refractivity contribution >= 4 is 41.0 Å². The van der Waals surface area contributed by atoms with Gasteiger partial charge in [0.2, 0.25) is 11.9 Å². The van der Waals surface area contributed by atoms with Crippen LogP contribution in [0.5, 0.6) is 0 Å². The number of benzene rings is 1. The van der Waals surface area contributed by atoms with Crippen molar-refractivity contribution in [1.82, 2.24) is 25.2 Å². The molecule has 5 rings (SSSR count). The van der Waals surface area contributed by atoms with Crippen LogP contribution in [-0.4, -0.2) is 68.7 Å². The minimum absolute atomic E-state index is 0.202. The van der Waals surface area contributed by atoms with Crippen molar-refractivity contribution in [2.45, 2.75) is 44.4 Å². The third kappa shape index (κ3) is 5.99. The van der Waals surface area contributed by atoms with Crippen LogP contribution in [0.2, 0.25) is 10.0 Å². The second kappa shape index (κ2) is 11.8. The first-order valence-corrected chi connectivity index (χ1v) is 13.4. The van der Waals surface area contributed by atoms with E-state index in [2.05, 4.69) is 25.6 Å². The van der Waals surface area contributed by atoms with Gasteiger partial charge in [0.05, 0.1) is 29.6 Å². The molecule has 3 N–H and O–H groups in total. The van der Waals surface area contributed by atoms with Crippen molar-refractivity contribution in [3.63, 3.8) is 0 Å². The van der Waals surface area contributed by atoms with Gasteiger partial charge in [-0.1, -0.05) is 41.4 Å². The quantitative estimate of drug-likeness (QED) is 0.374. The van der Waals surface area contributed by atoms with Gasteiger partial charge in [0.25, 0.3) is 5.91 Å². The SMILES string of the molecule is C[C@H](C(=O)N[C@H](CO)c1cccc(Cl)c1)N1Cc2ccc(-c3nc(NC4CCOCC4)ncc3Cl)nc2C1=O. The summed E-state index contributed by atoms with van der Waals surface area (Å²) in [5, 5.41) is 16.8. The van der Waals surface area contributed by atoms with Gasteiger partial charge in [0.15, 0.2) is 0 Å². The topological polar surface area (TPSA) is 130 Å². The Morgan fingerprint density at radius 1 is 1.18 bits per heavy atom. The first-order chi connectivity index (χ1) is 18.8. The summed E-state index contributed by atoms with van der Waals surface area (Å²) in [4.78, 5) is 41.3. The zero-order chi connectivity index (χ0) is 27.5. The van der Waals surface area contributed by atoms with Gasteiger partial charge in [-0.15, -0.1) is 0 Å². The first kappa shape index (κ1) is 27.3. The molecular formula is C27H28Cl2N6O4. The smallest absolute Gasteiger partial charge is 0.273 e. The number of aromatic nitrogens is 3. The van der Waals surface area contributed by atoms with Crippen molar-refractivity contribution in [1.29, 1.82) is 0 Å². The lowest BCUT2D eigenvalue weighted by Gasteiger charge is -2.26. The Kier molecular flexibility index (Phi) is 8.27. The van der Waals surface area contributed by atoms with Crippen LogP contribution in [0, 0.1) is 0 Å². The van der Waals surface area contributed by atoms with Crippen LogP contribution >= 0.6 is 23.2 Å². The number of amides is 2. The molecule has 2 aromatic heterocycles. The predicted molar refractivity (Wildman–Crippen MR) is 146 cm³/mol. The lowest BCUT2D eigenvalue weighted by Crippen LogP contribution is -2.46. The Bertz CT molecular complexity index is 1380. The summed E-state index contributed by atoms with van der Waals surface area (Å²) in [7, 11) is 0. The molecule has 0 aliphatic carbocycles. The Morgan fingerprint density at radius 2 is 1.97 bits per heavy atom. The number of pyridine rings is 1. The molecule has 1 saturated heterocycles. The average Bonchev–Trinajstić information content (AvgIpc) is 3.28. The summed E-state index contributed by atoms with van der Waals surface area (Å²) >= 11 is 12.5. The van der Waals surface area contributed by atoms with E-state index in [4.69, 9.17) is 27.9 Å². The number of fused-ring (bicyclic) bond motifs is 1. The van der Waals surface area contributed by atoms with Crippen molar-refractivity contribution < 1.29 is 19.4 Å². The third-order valence-electron chi connectivity index (χ3n) is 6.92. The van der Waals surface area contributed by atoms with Gasteiger partial charge < -0.3 is 25.4 Å². The summed E-state index contributed by atoms with van der Waals surface area (Å²) in [6.45, 7) is 2.91. The minimum Gasteiger partial charge on any atom is -0.394 e. The minimum atomic E-state index is -0.804. The molecule has 2 atom stereocenters. The number of anilines is 1. The highest BCUT2D eigenvalue weighted by atomic mass is 35.5. The lowest BCUT2D eigenvalue weighted by molar-refractivity contribution is -0.126. The van der Waals surface area contributed by atoms with Gasteiger partial charge in [0, 0.05) is 36.4 Å². The molecule has 0 spiro atoms. The van der Waals surface area contributed by atoms with E-state index in [0.29, 0.717) is 51.7 Å². The van der Waals surface area contributed by atoms with Crippen LogP contribution in [-0.2, 0) is 16.1 Å². The van der Waals surface area contributed by atoms with E-state index in [1.807, 2.05) is 0 Å². The summed E-state index contributed by atoms with van der Waals surface area (Å²) in [5.74, 6) is -0.346. The number of carbonyl (C=O) groups excluding carboxylic acids is 2. The number of hydrogen-bond acceptors (Lipinski definition) is 8. The maximum Gasteiger partial charge on any atom is 0.273 e. The number of rotatable bonds is 8. The molecule has 204 valence electrons. The number of nitrogens with one attached hydrogen (secondary N) is 2. The summed E-state index contributed by atoms with van der Waals surface area (Å²) in [5.41, 5.74) is 2.45. The molecule has 10 nitrogen and oxygen atoms in total. The molecule has 0 unspecified atom stereocenters. The molecule has 1 fully saturated rings.